The minimum atomic E-state index is -0.108. The molecule has 84 valence electrons. The quantitative estimate of drug-likeness (QED) is 0.776. The highest BCUT2D eigenvalue weighted by Gasteiger charge is 2.19. The van der Waals surface area contributed by atoms with E-state index in [4.69, 9.17) is 11.6 Å². The van der Waals surface area contributed by atoms with Gasteiger partial charge in [0.15, 0.2) is 5.69 Å². The van der Waals surface area contributed by atoms with Crippen molar-refractivity contribution in [3.8, 4) is 0 Å². The number of halogens is 1. The topological polar surface area (TPSA) is 61.9 Å². The number of nitrogens with zero attached hydrogens (tertiary/aromatic N) is 3. The Kier molecular flexibility index (Phi) is 4.55. The van der Waals surface area contributed by atoms with Gasteiger partial charge in [-0.1, -0.05) is 0 Å². The lowest BCUT2D eigenvalue weighted by molar-refractivity contribution is 0.0700. The standard InChI is InChI=1S/C9H15ClN4O/c1-7(2)14(5-3-4-10)9(15)8-6-11-13-12-8/h6-7H,3-5H2,1-2H3,(H,11,12,13). The molecule has 1 rings (SSSR count). The fourth-order valence-electron chi connectivity index (χ4n) is 1.28. The van der Waals surface area contributed by atoms with Crippen LogP contribution in [0.3, 0.4) is 0 Å². The third-order valence-electron chi connectivity index (χ3n) is 2.05. The lowest BCUT2D eigenvalue weighted by Gasteiger charge is -2.25. The van der Waals surface area contributed by atoms with E-state index in [1.165, 1.54) is 6.20 Å². The molecule has 15 heavy (non-hydrogen) atoms. The zero-order valence-electron chi connectivity index (χ0n) is 8.90. The first kappa shape index (κ1) is 12.0. The lowest BCUT2D eigenvalue weighted by atomic mass is 10.2. The molecule has 0 fully saturated rings. The van der Waals surface area contributed by atoms with Crippen LogP contribution < -0.4 is 0 Å². The van der Waals surface area contributed by atoms with Gasteiger partial charge in [0, 0.05) is 18.5 Å². The number of aromatic amines is 1. The highest BCUT2D eigenvalue weighted by atomic mass is 35.5. The highest BCUT2D eigenvalue weighted by molar-refractivity contribution is 6.17. The molecule has 0 unspecified atom stereocenters. The van der Waals surface area contributed by atoms with Gasteiger partial charge in [-0.2, -0.15) is 15.4 Å². The van der Waals surface area contributed by atoms with Crippen molar-refractivity contribution in [2.75, 3.05) is 12.4 Å². The van der Waals surface area contributed by atoms with E-state index in [-0.39, 0.29) is 11.9 Å². The molecular weight excluding hydrogens is 216 g/mol. The van der Waals surface area contributed by atoms with Crippen molar-refractivity contribution in [1.82, 2.24) is 20.3 Å². The van der Waals surface area contributed by atoms with E-state index in [1.807, 2.05) is 13.8 Å². The summed E-state index contributed by atoms with van der Waals surface area (Å²) in [4.78, 5) is 13.6. The molecule has 0 aliphatic heterocycles. The minimum Gasteiger partial charge on any atom is -0.335 e. The van der Waals surface area contributed by atoms with Crippen LogP contribution in [0.15, 0.2) is 6.20 Å². The van der Waals surface area contributed by atoms with Gasteiger partial charge in [-0.15, -0.1) is 11.6 Å². The number of aromatic nitrogens is 3. The number of hydrogen-bond donors (Lipinski definition) is 1. The fraction of sp³-hybridized carbons (Fsp3) is 0.667. The average molecular weight is 231 g/mol. The molecule has 1 amide bonds. The lowest BCUT2D eigenvalue weighted by Crippen LogP contribution is -2.38. The third kappa shape index (κ3) is 3.20. The largest absolute Gasteiger partial charge is 0.335 e. The van der Waals surface area contributed by atoms with Gasteiger partial charge in [-0.05, 0) is 20.3 Å². The van der Waals surface area contributed by atoms with Gasteiger partial charge in [0.1, 0.15) is 0 Å². The molecule has 1 aromatic rings. The number of carbonyl (C=O) groups excluding carboxylic acids is 1. The molecule has 0 saturated carbocycles. The number of amides is 1. The average Bonchev–Trinajstić information content (AvgIpc) is 2.70. The predicted octanol–water partition coefficient (Wildman–Crippen LogP) is 1.28. The first-order valence-corrected chi connectivity index (χ1v) is 5.43. The Balaban J connectivity index is 2.67. The van der Waals surface area contributed by atoms with Crippen LogP contribution in [-0.4, -0.2) is 44.7 Å². The summed E-state index contributed by atoms with van der Waals surface area (Å²) in [5.41, 5.74) is 0.346. The number of alkyl halides is 1. The van der Waals surface area contributed by atoms with Gasteiger partial charge in [-0.3, -0.25) is 4.79 Å². The summed E-state index contributed by atoms with van der Waals surface area (Å²) >= 11 is 5.61. The molecule has 0 aliphatic carbocycles. The number of H-pyrrole nitrogens is 1. The number of nitrogens with one attached hydrogen (secondary N) is 1. The molecule has 1 aromatic heterocycles. The first-order chi connectivity index (χ1) is 7.16. The van der Waals surface area contributed by atoms with Crippen LogP contribution in [0.25, 0.3) is 0 Å². The summed E-state index contributed by atoms with van der Waals surface area (Å²) in [5, 5.41) is 9.81. The van der Waals surface area contributed by atoms with Crippen LogP contribution in [0.5, 0.6) is 0 Å². The first-order valence-electron chi connectivity index (χ1n) is 4.89. The van der Waals surface area contributed by atoms with E-state index < -0.39 is 0 Å². The second-order valence-electron chi connectivity index (χ2n) is 3.49. The molecule has 0 bridgehead atoms. The Labute approximate surface area is 93.8 Å². The van der Waals surface area contributed by atoms with Gasteiger partial charge in [0.25, 0.3) is 5.91 Å². The van der Waals surface area contributed by atoms with Crippen molar-refractivity contribution >= 4 is 17.5 Å². The number of rotatable bonds is 5. The molecule has 0 atom stereocenters. The van der Waals surface area contributed by atoms with E-state index in [2.05, 4.69) is 15.4 Å². The summed E-state index contributed by atoms with van der Waals surface area (Å²) < 4.78 is 0. The zero-order chi connectivity index (χ0) is 11.3. The monoisotopic (exact) mass is 230 g/mol. The van der Waals surface area contributed by atoms with Gasteiger partial charge in [0.2, 0.25) is 0 Å². The Morgan fingerprint density at radius 3 is 2.87 bits per heavy atom. The van der Waals surface area contributed by atoms with Gasteiger partial charge in [-0.25, -0.2) is 0 Å². The molecule has 0 aromatic carbocycles. The van der Waals surface area contributed by atoms with Crippen molar-refractivity contribution in [3.63, 3.8) is 0 Å². The summed E-state index contributed by atoms with van der Waals surface area (Å²) in [6.07, 6.45) is 2.21. The van der Waals surface area contributed by atoms with Crippen molar-refractivity contribution in [3.05, 3.63) is 11.9 Å². The number of hydrogen-bond acceptors (Lipinski definition) is 3. The Morgan fingerprint density at radius 1 is 1.67 bits per heavy atom. The van der Waals surface area contributed by atoms with Crippen molar-refractivity contribution in [1.29, 1.82) is 0 Å². The molecule has 5 nitrogen and oxygen atoms in total. The van der Waals surface area contributed by atoms with Gasteiger partial charge >= 0.3 is 0 Å². The fourth-order valence-corrected chi connectivity index (χ4v) is 1.40. The molecule has 0 spiro atoms. The maximum absolute atomic E-state index is 11.9. The van der Waals surface area contributed by atoms with Crippen molar-refractivity contribution < 1.29 is 4.79 Å². The van der Waals surface area contributed by atoms with Crippen LogP contribution in [0, 0.1) is 0 Å². The van der Waals surface area contributed by atoms with E-state index >= 15 is 0 Å². The minimum absolute atomic E-state index is 0.108. The van der Waals surface area contributed by atoms with Crippen LogP contribution in [0.1, 0.15) is 30.8 Å². The zero-order valence-corrected chi connectivity index (χ0v) is 9.66. The molecule has 0 aliphatic rings. The Bertz CT molecular complexity index is 299. The second-order valence-corrected chi connectivity index (χ2v) is 3.87. The summed E-state index contributed by atoms with van der Waals surface area (Å²) in [5.74, 6) is 0.443. The summed E-state index contributed by atoms with van der Waals surface area (Å²) in [6, 6.07) is 0.136. The smallest absolute Gasteiger partial charge is 0.276 e. The van der Waals surface area contributed by atoms with Crippen LogP contribution in [0.4, 0.5) is 0 Å². The molecule has 6 heteroatoms. The molecule has 1 heterocycles. The van der Waals surface area contributed by atoms with Crippen LogP contribution >= 0.6 is 11.6 Å². The van der Waals surface area contributed by atoms with E-state index in [9.17, 15) is 4.79 Å². The molecule has 0 radical (unpaired) electrons. The van der Waals surface area contributed by atoms with E-state index in [1.54, 1.807) is 4.90 Å². The summed E-state index contributed by atoms with van der Waals surface area (Å²) in [7, 11) is 0. The van der Waals surface area contributed by atoms with Gasteiger partial charge in [0.05, 0.1) is 6.20 Å². The van der Waals surface area contributed by atoms with Gasteiger partial charge < -0.3 is 4.90 Å². The molecule has 0 saturated heterocycles. The molecule has 1 N–H and O–H groups in total. The third-order valence-corrected chi connectivity index (χ3v) is 2.32. The summed E-state index contributed by atoms with van der Waals surface area (Å²) in [6.45, 7) is 4.57. The van der Waals surface area contributed by atoms with E-state index in [0.29, 0.717) is 18.1 Å². The maximum atomic E-state index is 11.9. The molecular formula is C9H15ClN4O. The van der Waals surface area contributed by atoms with Crippen LogP contribution in [-0.2, 0) is 0 Å². The predicted molar refractivity (Wildman–Crippen MR) is 57.9 cm³/mol. The van der Waals surface area contributed by atoms with Crippen molar-refractivity contribution in [2.24, 2.45) is 0 Å². The maximum Gasteiger partial charge on any atom is 0.276 e. The number of carbonyl (C=O) groups is 1. The Hall–Kier alpha value is -1.10. The Morgan fingerprint density at radius 2 is 2.40 bits per heavy atom. The normalized spacial score (nSPS) is 10.7. The van der Waals surface area contributed by atoms with Crippen LogP contribution in [0.2, 0.25) is 0 Å². The van der Waals surface area contributed by atoms with E-state index in [0.717, 1.165) is 6.42 Å². The SMILES string of the molecule is CC(C)N(CCCCl)C(=O)c1cn[nH]n1. The highest BCUT2D eigenvalue weighted by Crippen LogP contribution is 2.06. The second kappa shape index (κ2) is 5.70. The van der Waals surface area contributed by atoms with Crippen molar-refractivity contribution in [2.45, 2.75) is 26.3 Å².